The zero-order valence-electron chi connectivity index (χ0n) is 22.2. The molecule has 0 atom stereocenters. The van der Waals surface area contributed by atoms with Gasteiger partial charge < -0.3 is 4.57 Å². The molecule has 40 heavy (non-hydrogen) atoms. The number of hydrogen-bond acceptors (Lipinski definition) is 0. The quantitative estimate of drug-likeness (QED) is 0.163. The lowest BCUT2D eigenvalue weighted by molar-refractivity contribution is -0.659. The van der Waals surface area contributed by atoms with Gasteiger partial charge >= 0.3 is 0 Å². The van der Waals surface area contributed by atoms with Gasteiger partial charge in [0.1, 0.15) is 18.4 Å². The predicted octanol–water partition coefficient (Wildman–Crippen LogP) is 9.09. The first-order valence-corrected chi connectivity index (χ1v) is 13.2. The Morgan fingerprint density at radius 3 is 2.25 bits per heavy atom. The van der Waals surface area contributed by atoms with Crippen molar-refractivity contribution in [2.24, 2.45) is 7.05 Å². The summed E-state index contributed by atoms with van der Waals surface area (Å²) in [4.78, 5) is 3.89. The summed E-state index contributed by atoms with van der Waals surface area (Å²) in [6.07, 6.45) is 2.19. The number of fused-ring (bicyclic) bond motifs is 4. The number of hydrogen-bond donors (Lipinski definition) is 0. The lowest BCUT2D eigenvalue weighted by Crippen LogP contribution is -2.31. The second-order valence-electron chi connectivity index (χ2n) is 10.2. The van der Waals surface area contributed by atoms with Crippen LogP contribution in [0.4, 0.5) is 10.1 Å². The number of benzene rings is 5. The number of rotatable bonds is 3. The summed E-state index contributed by atoms with van der Waals surface area (Å²) in [5.74, 6) is -0.294. The third-order valence-electron chi connectivity index (χ3n) is 7.82. The van der Waals surface area contributed by atoms with Crippen molar-refractivity contribution in [3.05, 3.63) is 138 Å². The van der Waals surface area contributed by atoms with Crippen LogP contribution in [-0.4, -0.2) is 4.57 Å². The Morgan fingerprint density at radius 1 is 0.750 bits per heavy atom. The van der Waals surface area contributed by atoms with Gasteiger partial charge in [-0.3, -0.25) is 0 Å². The molecule has 0 saturated heterocycles. The Bertz CT molecular complexity index is 2130. The van der Waals surface area contributed by atoms with Gasteiger partial charge in [0.2, 0.25) is 5.69 Å². The predicted molar refractivity (Wildman–Crippen MR) is 161 cm³/mol. The first kappa shape index (κ1) is 23.8. The van der Waals surface area contributed by atoms with Crippen molar-refractivity contribution in [3.8, 4) is 28.1 Å². The summed E-state index contributed by atoms with van der Waals surface area (Å²) in [5.41, 5.74) is 8.74. The maximum atomic E-state index is 13.8. The highest BCUT2D eigenvalue weighted by Gasteiger charge is 2.23. The van der Waals surface area contributed by atoms with Crippen LogP contribution in [0.15, 0.2) is 115 Å². The van der Waals surface area contributed by atoms with Crippen molar-refractivity contribution in [2.75, 3.05) is 0 Å². The fourth-order valence-electron chi connectivity index (χ4n) is 5.91. The minimum atomic E-state index is -0.294. The zero-order chi connectivity index (χ0) is 27.4. The van der Waals surface area contributed by atoms with Gasteiger partial charge in [-0.2, -0.15) is 4.57 Å². The van der Waals surface area contributed by atoms with E-state index in [0.29, 0.717) is 5.69 Å². The number of halogens is 1. The zero-order valence-corrected chi connectivity index (χ0v) is 22.2. The van der Waals surface area contributed by atoms with Crippen molar-refractivity contribution in [3.63, 3.8) is 0 Å². The Kier molecular flexibility index (Phi) is 5.47. The van der Waals surface area contributed by atoms with E-state index in [1.807, 2.05) is 24.3 Å². The van der Waals surface area contributed by atoms with Crippen LogP contribution in [0.5, 0.6) is 0 Å². The van der Waals surface area contributed by atoms with Crippen LogP contribution in [-0.2, 0) is 7.05 Å². The van der Waals surface area contributed by atoms with E-state index < -0.39 is 0 Å². The third-order valence-corrected chi connectivity index (χ3v) is 7.82. The molecule has 0 N–H and O–H groups in total. The topological polar surface area (TPSA) is 13.2 Å². The Balaban J connectivity index is 1.61. The molecule has 2 aromatic heterocycles. The summed E-state index contributed by atoms with van der Waals surface area (Å²) < 4.78 is 18.2. The molecule has 0 radical (unpaired) electrons. The van der Waals surface area contributed by atoms with Crippen LogP contribution in [0.2, 0.25) is 0 Å². The molecule has 190 valence electrons. The second kappa shape index (κ2) is 9.18. The van der Waals surface area contributed by atoms with Crippen molar-refractivity contribution >= 4 is 38.3 Å². The monoisotopic (exact) mass is 518 g/mol. The SMILES string of the molecule is [C-]#[N+]c1cc2c(cc1-c1ccc(F)cc1)c1cc(-c3c(C)ccc4ccccc34)[n+](C)cc1n2-c1ccccc1. The third kappa shape index (κ3) is 3.67. The molecule has 3 nitrogen and oxygen atoms in total. The van der Waals surface area contributed by atoms with E-state index in [1.54, 1.807) is 12.1 Å². The molecule has 0 aliphatic heterocycles. The minimum absolute atomic E-state index is 0.294. The molecule has 2 heterocycles. The highest BCUT2D eigenvalue weighted by atomic mass is 19.1. The first-order chi connectivity index (χ1) is 19.5. The molecular weight excluding hydrogens is 493 g/mol. The van der Waals surface area contributed by atoms with E-state index in [4.69, 9.17) is 6.57 Å². The van der Waals surface area contributed by atoms with E-state index in [2.05, 4.69) is 94.8 Å². The molecule has 7 aromatic rings. The largest absolute Gasteiger partial charge is 0.305 e. The number of para-hydroxylation sites is 1. The van der Waals surface area contributed by atoms with E-state index in [1.165, 1.54) is 34.0 Å². The molecule has 0 fully saturated rings. The molecule has 0 unspecified atom stereocenters. The van der Waals surface area contributed by atoms with E-state index in [-0.39, 0.29) is 5.82 Å². The van der Waals surface area contributed by atoms with Gasteiger partial charge in [-0.1, -0.05) is 72.8 Å². The molecule has 0 amide bonds. The van der Waals surface area contributed by atoms with Gasteiger partial charge in [0.25, 0.3) is 0 Å². The fraction of sp³-hybridized carbons (Fsp3) is 0.0556. The van der Waals surface area contributed by atoms with Crippen LogP contribution >= 0.6 is 0 Å². The molecule has 0 bridgehead atoms. The second-order valence-corrected chi connectivity index (χ2v) is 10.2. The number of pyridine rings is 1. The number of aryl methyl sites for hydroxylation is 2. The van der Waals surface area contributed by atoms with Crippen molar-refractivity contribution in [2.45, 2.75) is 6.92 Å². The molecule has 5 aromatic carbocycles. The molecular formula is C36H25FN3+. The smallest absolute Gasteiger partial charge is 0.213 e. The standard InChI is InChI=1S/C36H25FN3/c1-23-13-14-24-9-7-8-12-28(24)36(23)34-20-31-30-19-29(25-15-17-26(37)18-16-25)32(38-2)21-33(30)40(35(31)22-39(34)3)27-10-5-4-6-11-27/h4-22H,1,3H3/q+1. The fourth-order valence-corrected chi connectivity index (χ4v) is 5.91. The lowest BCUT2D eigenvalue weighted by Gasteiger charge is -2.10. The van der Waals surface area contributed by atoms with Crippen molar-refractivity contribution in [1.82, 2.24) is 4.57 Å². The van der Waals surface area contributed by atoms with Gasteiger partial charge in [-0.25, -0.2) is 9.24 Å². The van der Waals surface area contributed by atoms with Gasteiger partial charge in [-0.15, -0.1) is 0 Å². The lowest BCUT2D eigenvalue weighted by atomic mass is 9.95. The van der Waals surface area contributed by atoms with Gasteiger partial charge in [0, 0.05) is 28.0 Å². The van der Waals surface area contributed by atoms with Crippen molar-refractivity contribution < 1.29 is 8.96 Å². The van der Waals surface area contributed by atoms with E-state index in [9.17, 15) is 4.39 Å². The normalized spacial score (nSPS) is 11.3. The van der Waals surface area contributed by atoms with Gasteiger partial charge in [0.15, 0.2) is 11.9 Å². The maximum Gasteiger partial charge on any atom is 0.213 e. The van der Waals surface area contributed by atoms with Gasteiger partial charge in [-0.05, 0) is 64.7 Å². The molecule has 4 heteroatoms. The molecule has 0 aliphatic carbocycles. The number of nitrogens with zero attached hydrogens (tertiary/aromatic N) is 3. The Labute approximate surface area is 231 Å². The van der Waals surface area contributed by atoms with Crippen LogP contribution in [0.25, 0.3) is 65.5 Å². The molecule has 7 rings (SSSR count). The summed E-state index contributed by atoms with van der Waals surface area (Å²) in [5, 5.41) is 4.56. The maximum absolute atomic E-state index is 13.8. The Hall–Kier alpha value is -5.27. The van der Waals surface area contributed by atoms with E-state index >= 15 is 0 Å². The van der Waals surface area contributed by atoms with Crippen LogP contribution in [0.1, 0.15) is 5.56 Å². The summed E-state index contributed by atoms with van der Waals surface area (Å²) in [6.45, 7) is 10.1. The molecule has 0 saturated carbocycles. The van der Waals surface area contributed by atoms with Crippen LogP contribution in [0.3, 0.4) is 0 Å². The first-order valence-electron chi connectivity index (χ1n) is 13.2. The molecule has 0 spiro atoms. The average Bonchev–Trinajstić information content (AvgIpc) is 3.29. The molecule has 0 aliphatic rings. The van der Waals surface area contributed by atoms with Gasteiger partial charge in [0.05, 0.1) is 12.1 Å². The minimum Gasteiger partial charge on any atom is -0.305 e. The highest BCUT2D eigenvalue weighted by Crippen LogP contribution is 2.41. The summed E-state index contributed by atoms with van der Waals surface area (Å²) in [7, 11) is 2.09. The van der Waals surface area contributed by atoms with E-state index in [0.717, 1.165) is 44.3 Å². The van der Waals surface area contributed by atoms with Crippen molar-refractivity contribution in [1.29, 1.82) is 0 Å². The average molecular weight is 519 g/mol. The highest BCUT2D eigenvalue weighted by molar-refractivity contribution is 6.13. The summed E-state index contributed by atoms with van der Waals surface area (Å²) in [6, 6.07) is 35.8. The Morgan fingerprint density at radius 2 is 1.48 bits per heavy atom. The number of aromatic nitrogens is 2. The van der Waals surface area contributed by atoms with Crippen LogP contribution < -0.4 is 4.57 Å². The summed E-state index contributed by atoms with van der Waals surface area (Å²) >= 11 is 0. The van der Waals surface area contributed by atoms with Crippen LogP contribution in [0, 0.1) is 19.3 Å².